The summed E-state index contributed by atoms with van der Waals surface area (Å²) in [5.41, 5.74) is 1.01. The van der Waals surface area contributed by atoms with Crippen molar-refractivity contribution in [1.29, 1.82) is 0 Å². The third-order valence-electron chi connectivity index (χ3n) is 4.67. The van der Waals surface area contributed by atoms with Gasteiger partial charge in [0.05, 0.1) is 25.3 Å². The second-order valence-electron chi connectivity index (χ2n) is 6.66. The van der Waals surface area contributed by atoms with Crippen LogP contribution in [0.4, 0.5) is 0 Å². The topological polar surface area (TPSA) is 64.8 Å². The van der Waals surface area contributed by atoms with Crippen LogP contribution in [0.3, 0.4) is 0 Å². The SMILES string of the molecule is COCCOCC(=O)N1CCC[C@@H](c2ncc(Cc3ccccc3Cl)o2)C1. The van der Waals surface area contributed by atoms with E-state index in [1.165, 1.54) is 0 Å². The largest absolute Gasteiger partial charge is 0.445 e. The number of nitrogens with zero attached hydrogens (tertiary/aromatic N) is 2. The first-order valence-electron chi connectivity index (χ1n) is 9.20. The van der Waals surface area contributed by atoms with E-state index in [0.29, 0.717) is 32.1 Å². The van der Waals surface area contributed by atoms with Gasteiger partial charge in [0.2, 0.25) is 5.91 Å². The summed E-state index contributed by atoms with van der Waals surface area (Å²) in [6.45, 7) is 2.35. The van der Waals surface area contributed by atoms with E-state index in [4.69, 9.17) is 25.5 Å². The molecule has 1 fully saturated rings. The Hall–Kier alpha value is -1.89. The number of benzene rings is 1. The summed E-state index contributed by atoms with van der Waals surface area (Å²) in [6, 6.07) is 7.71. The molecule has 0 saturated carbocycles. The molecule has 2 heterocycles. The summed E-state index contributed by atoms with van der Waals surface area (Å²) in [5.74, 6) is 1.58. The number of aromatic nitrogens is 1. The predicted molar refractivity (Wildman–Crippen MR) is 102 cm³/mol. The highest BCUT2D eigenvalue weighted by atomic mass is 35.5. The number of piperidine rings is 1. The molecule has 1 amide bonds. The Morgan fingerprint density at radius 1 is 1.37 bits per heavy atom. The number of likely N-dealkylation sites (tertiary alicyclic amines) is 1. The first kappa shape index (κ1) is 19.9. The van der Waals surface area contributed by atoms with Gasteiger partial charge in [-0.05, 0) is 24.5 Å². The molecule has 0 N–H and O–H groups in total. The van der Waals surface area contributed by atoms with Gasteiger partial charge in [0.1, 0.15) is 12.4 Å². The van der Waals surface area contributed by atoms with Crippen LogP contribution in [0.25, 0.3) is 0 Å². The van der Waals surface area contributed by atoms with Crippen molar-refractivity contribution < 1.29 is 18.7 Å². The number of amides is 1. The minimum Gasteiger partial charge on any atom is -0.445 e. The zero-order valence-electron chi connectivity index (χ0n) is 15.5. The molecule has 146 valence electrons. The van der Waals surface area contributed by atoms with Crippen molar-refractivity contribution in [3.63, 3.8) is 0 Å². The summed E-state index contributed by atoms with van der Waals surface area (Å²) >= 11 is 6.22. The second kappa shape index (κ2) is 9.88. The molecule has 3 rings (SSSR count). The molecule has 0 unspecified atom stereocenters. The standard InChI is InChI=1S/C20H25ClN2O4/c1-25-9-10-26-14-19(24)23-8-4-6-16(13-23)20-22-12-17(27-20)11-15-5-2-3-7-18(15)21/h2-3,5,7,12,16H,4,6,8-11,13-14H2,1H3/t16-/m1/s1. The fourth-order valence-corrected chi connectivity index (χ4v) is 3.42. The molecule has 27 heavy (non-hydrogen) atoms. The molecular weight excluding hydrogens is 368 g/mol. The molecule has 2 aromatic rings. The van der Waals surface area contributed by atoms with E-state index in [-0.39, 0.29) is 18.4 Å². The Labute approximate surface area is 164 Å². The van der Waals surface area contributed by atoms with Gasteiger partial charge in [-0.1, -0.05) is 29.8 Å². The molecule has 1 aromatic carbocycles. The molecule has 0 aliphatic carbocycles. The van der Waals surface area contributed by atoms with Crippen molar-refractivity contribution in [3.8, 4) is 0 Å². The summed E-state index contributed by atoms with van der Waals surface area (Å²) in [4.78, 5) is 18.6. The highest BCUT2D eigenvalue weighted by Crippen LogP contribution is 2.28. The molecule has 0 spiro atoms. The summed E-state index contributed by atoms with van der Waals surface area (Å²) in [6.07, 6.45) is 4.25. The van der Waals surface area contributed by atoms with Crippen LogP contribution in [-0.4, -0.2) is 55.8 Å². The van der Waals surface area contributed by atoms with Crippen LogP contribution in [0.2, 0.25) is 5.02 Å². The van der Waals surface area contributed by atoms with Gasteiger partial charge in [0.25, 0.3) is 0 Å². The third-order valence-corrected chi connectivity index (χ3v) is 5.04. The van der Waals surface area contributed by atoms with Gasteiger partial charge < -0.3 is 18.8 Å². The van der Waals surface area contributed by atoms with Crippen LogP contribution >= 0.6 is 11.6 Å². The number of halogens is 1. The Morgan fingerprint density at radius 3 is 3.04 bits per heavy atom. The van der Waals surface area contributed by atoms with Gasteiger partial charge >= 0.3 is 0 Å². The average Bonchev–Trinajstić information content (AvgIpc) is 3.16. The number of hydrogen-bond acceptors (Lipinski definition) is 5. The van der Waals surface area contributed by atoms with Crippen LogP contribution in [0.1, 0.15) is 36.0 Å². The monoisotopic (exact) mass is 392 g/mol. The van der Waals surface area contributed by atoms with Crippen LogP contribution in [0.5, 0.6) is 0 Å². The first-order chi connectivity index (χ1) is 13.2. The number of rotatable bonds is 8. The quantitative estimate of drug-likeness (QED) is 0.645. The number of carbonyl (C=O) groups excluding carboxylic acids is 1. The van der Waals surface area contributed by atoms with Crippen LogP contribution in [0, 0.1) is 0 Å². The molecule has 0 bridgehead atoms. The minimum absolute atomic E-state index is 0.00125. The maximum Gasteiger partial charge on any atom is 0.248 e. The zero-order valence-corrected chi connectivity index (χ0v) is 16.3. The van der Waals surface area contributed by atoms with Gasteiger partial charge in [0.15, 0.2) is 5.89 Å². The number of ether oxygens (including phenoxy) is 2. The molecule has 1 aromatic heterocycles. The van der Waals surface area contributed by atoms with E-state index in [9.17, 15) is 4.79 Å². The van der Waals surface area contributed by atoms with Crippen LogP contribution < -0.4 is 0 Å². The smallest absolute Gasteiger partial charge is 0.248 e. The average molecular weight is 393 g/mol. The summed E-state index contributed by atoms with van der Waals surface area (Å²) in [5, 5.41) is 0.721. The van der Waals surface area contributed by atoms with Crippen molar-refractivity contribution in [1.82, 2.24) is 9.88 Å². The van der Waals surface area contributed by atoms with Gasteiger partial charge in [-0.15, -0.1) is 0 Å². The van der Waals surface area contributed by atoms with Crippen molar-refractivity contribution >= 4 is 17.5 Å². The summed E-state index contributed by atoms with van der Waals surface area (Å²) < 4.78 is 16.2. The minimum atomic E-state index is -0.00125. The molecule has 0 radical (unpaired) electrons. The summed E-state index contributed by atoms with van der Waals surface area (Å²) in [7, 11) is 1.61. The van der Waals surface area contributed by atoms with Crippen LogP contribution in [-0.2, 0) is 20.7 Å². The lowest BCUT2D eigenvalue weighted by Gasteiger charge is -2.31. The van der Waals surface area contributed by atoms with Crippen LogP contribution in [0.15, 0.2) is 34.9 Å². The lowest BCUT2D eigenvalue weighted by molar-refractivity contribution is -0.137. The van der Waals surface area contributed by atoms with Gasteiger partial charge in [-0.2, -0.15) is 0 Å². The van der Waals surface area contributed by atoms with E-state index in [2.05, 4.69) is 4.98 Å². The fourth-order valence-electron chi connectivity index (χ4n) is 3.22. The Bertz CT molecular complexity index is 749. The third kappa shape index (κ3) is 5.54. The first-order valence-corrected chi connectivity index (χ1v) is 9.57. The molecule has 1 saturated heterocycles. The van der Waals surface area contributed by atoms with Crippen molar-refractivity contribution in [3.05, 3.63) is 52.7 Å². The van der Waals surface area contributed by atoms with Gasteiger partial charge in [-0.3, -0.25) is 4.79 Å². The Balaban J connectivity index is 1.56. The lowest BCUT2D eigenvalue weighted by atomic mass is 9.98. The Kier molecular flexibility index (Phi) is 7.26. The molecule has 1 atom stereocenters. The molecule has 1 aliphatic heterocycles. The molecule has 1 aliphatic rings. The molecule has 6 nitrogen and oxygen atoms in total. The van der Waals surface area contributed by atoms with E-state index >= 15 is 0 Å². The van der Waals surface area contributed by atoms with Gasteiger partial charge in [-0.25, -0.2) is 4.98 Å². The number of carbonyl (C=O) groups is 1. The number of oxazole rings is 1. The fraction of sp³-hybridized carbons (Fsp3) is 0.500. The molecule has 7 heteroatoms. The maximum absolute atomic E-state index is 12.3. The second-order valence-corrected chi connectivity index (χ2v) is 7.06. The number of hydrogen-bond donors (Lipinski definition) is 0. The van der Waals surface area contributed by atoms with E-state index in [0.717, 1.165) is 35.7 Å². The zero-order chi connectivity index (χ0) is 19.1. The van der Waals surface area contributed by atoms with E-state index in [1.807, 2.05) is 29.2 Å². The van der Waals surface area contributed by atoms with E-state index in [1.54, 1.807) is 13.3 Å². The Morgan fingerprint density at radius 2 is 2.22 bits per heavy atom. The van der Waals surface area contributed by atoms with E-state index < -0.39 is 0 Å². The normalized spacial score (nSPS) is 17.3. The molecular formula is C20H25ClN2O4. The van der Waals surface area contributed by atoms with Crippen molar-refractivity contribution in [2.75, 3.05) is 40.0 Å². The van der Waals surface area contributed by atoms with Gasteiger partial charge in [0, 0.05) is 31.6 Å². The van der Waals surface area contributed by atoms with Crippen molar-refractivity contribution in [2.24, 2.45) is 0 Å². The highest BCUT2D eigenvalue weighted by molar-refractivity contribution is 6.31. The van der Waals surface area contributed by atoms with Crippen molar-refractivity contribution in [2.45, 2.75) is 25.2 Å². The predicted octanol–water partition coefficient (Wildman–Crippen LogP) is 3.29. The number of methoxy groups -OCH3 is 1. The maximum atomic E-state index is 12.3. The highest BCUT2D eigenvalue weighted by Gasteiger charge is 2.27. The lowest BCUT2D eigenvalue weighted by Crippen LogP contribution is -2.41.